The van der Waals surface area contributed by atoms with E-state index in [4.69, 9.17) is 30.3 Å². The molecule has 2 aromatic heterocycles. The summed E-state index contributed by atoms with van der Waals surface area (Å²) >= 11 is 6.59. The van der Waals surface area contributed by atoms with Gasteiger partial charge in [0.1, 0.15) is 21.8 Å². The van der Waals surface area contributed by atoms with Gasteiger partial charge in [0.05, 0.1) is 38.1 Å². The quantitative estimate of drug-likeness (QED) is 0.264. The molecule has 2 heterocycles. The van der Waals surface area contributed by atoms with Gasteiger partial charge in [-0.25, -0.2) is 9.78 Å². The number of nitrogens with zero attached hydrogens (tertiary/aromatic N) is 2. The number of fused-ring (bicyclic) bond motifs is 1. The molecule has 0 spiro atoms. The minimum atomic E-state index is -1.62. The van der Waals surface area contributed by atoms with Crippen molar-refractivity contribution in [2.24, 2.45) is 0 Å². The van der Waals surface area contributed by atoms with Crippen molar-refractivity contribution < 1.29 is 38.8 Å². The number of carboxylic acids is 1. The molecule has 3 aromatic rings. The predicted octanol–water partition coefficient (Wildman–Crippen LogP) is 1.29. The normalized spacial score (nSPS) is 12.8. The molecular formula is C20H24ClN3O9. The van der Waals surface area contributed by atoms with Gasteiger partial charge in [-0.3, -0.25) is 9.36 Å². The summed E-state index contributed by atoms with van der Waals surface area (Å²) in [5, 5.41) is 41.1. The molecule has 1 atom stereocenters. The summed E-state index contributed by atoms with van der Waals surface area (Å²) in [5.74, 6) is -1.07. The van der Waals surface area contributed by atoms with Crippen molar-refractivity contribution in [1.82, 2.24) is 9.55 Å². The zero-order valence-electron chi connectivity index (χ0n) is 17.9. The summed E-state index contributed by atoms with van der Waals surface area (Å²) in [5.41, 5.74) is -1.52. The number of ether oxygens (including phenoxy) is 1. The Morgan fingerprint density at radius 2 is 1.97 bits per heavy atom. The second-order valence-corrected chi connectivity index (χ2v) is 7.87. The third kappa shape index (κ3) is 4.98. The van der Waals surface area contributed by atoms with Gasteiger partial charge in [0.15, 0.2) is 23.3 Å². The van der Waals surface area contributed by atoms with Crippen LogP contribution >= 0.6 is 11.6 Å². The van der Waals surface area contributed by atoms with Crippen LogP contribution in [0.4, 0.5) is 5.69 Å². The van der Waals surface area contributed by atoms with Crippen LogP contribution in [0.1, 0.15) is 31.1 Å². The van der Waals surface area contributed by atoms with Gasteiger partial charge in [0.25, 0.3) is 0 Å². The van der Waals surface area contributed by atoms with Crippen molar-refractivity contribution in [2.75, 3.05) is 25.1 Å². The lowest BCUT2D eigenvalue weighted by atomic mass is 10.0. The Morgan fingerprint density at radius 1 is 1.30 bits per heavy atom. The van der Waals surface area contributed by atoms with Crippen LogP contribution < -0.4 is 15.8 Å². The molecule has 12 nitrogen and oxygen atoms in total. The molecule has 0 aliphatic carbocycles. The third-order valence-electron chi connectivity index (χ3n) is 5.05. The Bertz CT molecular complexity index is 1190. The van der Waals surface area contributed by atoms with Crippen LogP contribution in [0.15, 0.2) is 25.9 Å². The number of hydrogen-bond donors (Lipinski definition) is 5. The first-order chi connectivity index (χ1) is 15.6. The van der Waals surface area contributed by atoms with Gasteiger partial charge in [0, 0.05) is 19.5 Å². The number of aryl methyl sites for hydroxylation is 2. The van der Waals surface area contributed by atoms with Gasteiger partial charge in [-0.05, 0) is 6.92 Å². The molecule has 0 radical (unpaired) electrons. The number of hydrogen-bond acceptors (Lipinski definition) is 10. The Labute approximate surface area is 192 Å². The molecule has 0 saturated carbocycles. The van der Waals surface area contributed by atoms with E-state index in [0.29, 0.717) is 11.7 Å². The van der Waals surface area contributed by atoms with Crippen LogP contribution in [0.2, 0.25) is 5.02 Å². The highest BCUT2D eigenvalue weighted by Gasteiger charge is 2.32. The van der Waals surface area contributed by atoms with E-state index >= 15 is 0 Å². The number of aliphatic hydroxyl groups is 3. The number of aromatic nitrogens is 2. The maximum Gasteiger partial charge on any atom is 0.420 e. The van der Waals surface area contributed by atoms with E-state index < -0.39 is 43.2 Å². The van der Waals surface area contributed by atoms with Crippen LogP contribution in [0.5, 0.6) is 5.75 Å². The molecule has 0 aliphatic rings. The van der Waals surface area contributed by atoms with E-state index in [-0.39, 0.29) is 40.5 Å². The van der Waals surface area contributed by atoms with E-state index in [2.05, 4.69) is 10.3 Å². The highest BCUT2D eigenvalue weighted by molar-refractivity contribution is 6.36. The Morgan fingerprint density at radius 3 is 2.52 bits per heavy atom. The van der Waals surface area contributed by atoms with Crippen LogP contribution in [-0.2, 0) is 11.3 Å². The lowest BCUT2D eigenvalue weighted by Crippen LogP contribution is -2.49. The number of carboxylic acid groups (broad SMARTS) is 1. The zero-order valence-corrected chi connectivity index (χ0v) is 18.6. The average Bonchev–Trinajstić information content (AvgIpc) is 3.35. The van der Waals surface area contributed by atoms with Crippen molar-refractivity contribution in [3.05, 3.63) is 39.5 Å². The molecule has 1 unspecified atom stereocenters. The number of oxazole rings is 2. The van der Waals surface area contributed by atoms with Gasteiger partial charge < -0.3 is 39.3 Å². The molecule has 33 heavy (non-hydrogen) atoms. The summed E-state index contributed by atoms with van der Waals surface area (Å²) in [6.07, 6.45) is 0.465. The molecule has 0 saturated heterocycles. The molecule has 180 valence electrons. The first kappa shape index (κ1) is 24.6. The van der Waals surface area contributed by atoms with Crippen LogP contribution in [0, 0.1) is 6.92 Å². The van der Waals surface area contributed by atoms with Gasteiger partial charge in [-0.1, -0.05) is 11.6 Å². The Hall–Kier alpha value is -3.06. The van der Waals surface area contributed by atoms with Crippen molar-refractivity contribution in [1.29, 1.82) is 0 Å². The summed E-state index contributed by atoms with van der Waals surface area (Å²) in [6, 6.07) is 1.36. The molecule has 0 aliphatic heterocycles. The highest BCUT2D eigenvalue weighted by Crippen LogP contribution is 2.42. The largest absolute Gasteiger partial charge is 0.481 e. The second-order valence-electron chi connectivity index (χ2n) is 7.50. The van der Waals surface area contributed by atoms with Crippen molar-refractivity contribution in [3.63, 3.8) is 0 Å². The van der Waals surface area contributed by atoms with Gasteiger partial charge in [-0.15, -0.1) is 0 Å². The molecule has 3 rings (SSSR count). The standard InChI is InChI=1S/C20H24ClN3O9/c1-10(14-6-22-11(2)32-14)31-12-5-13-18(24(19(30)33-13)4-3-15(28)29)17(16(12)21)23-20(7-25,8-26)9-27/h5-6,10,23,25-27H,3-4,7-9H2,1-2H3,(H,28,29). The van der Waals surface area contributed by atoms with E-state index in [9.17, 15) is 24.9 Å². The van der Waals surface area contributed by atoms with Gasteiger partial charge in [0.2, 0.25) is 0 Å². The number of aliphatic carboxylic acids is 1. The van der Waals surface area contributed by atoms with Crippen molar-refractivity contribution in [3.8, 4) is 5.75 Å². The SMILES string of the molecule is Cc1ncc(C(C)Oc2cc3oc(=O)n(CCC(=O)O)c3c(NC(CO)(CO)CO)c2Cl)o1. The summed E-state index contributed by atoms with van der Waals surface area (Å²) in [7, 11) is 0. The highest BCUT2D eigenvalue weighted by atomic mass is 35.5. The summed E-state index contributed by atoms with van der Waals surface area (Å²) in [6.45, 7) is 1.06. The molecule has 0 amide bonds. The van der Waals surface area contributed by atoms with Crippen molar-refractivity contribution in [2.45, 2.75) is 38.5 Å². The molecule has 1 aromatic carbocycles. The predicted molar refractivity (Wildman–Crippen MR) is 116 cm³/mol. The van der Waals surface area contributed by atoms with E-state index in [1.54, 1.807) is 13.8 Å². The molecular weight excluding hydrogens is 462 g/mol. The topological polar surface area (TPSA) is 180 Å². The van der Waals surface area contributed by atoms with E-state index in [0.717, 1.165) is 4.57 Å². The zero-order chi connectivity index (χ0) is 24.3. The minimum Gasteiger partial charge on any atom is -0.481 e. The summed E-state index contributed by atoms with van der Waals surface area (Å²) < 4.78 is 17.7. The van der Waals surface area contributed by atoms with Crippen molar-refractivity contribution >= 4 is 34.4 Å². The second kappa shape index (κ2) is 9.83. The van der Waals surface area contributed by atoms with Crippen LogP contribution in [0.25, 0.3) is 11.1 Å². The van der Waals surface area contributed by atoms with Gasteiger partial charge in [-0.2, -0.15) is 0 Å². The Kier molecular flexibility index (Phi) is 7.32. The first-order valence-electron chi connectivity index (χ1n) is 9.92. The van der Waals surface area contributed by atoms with E-state index in [1.165, 1.54) is 12.3 Å². The number of benzene rings is 1. The number of rotatable bonds is 11. The first-order valence-corrected chi connectivity index (χ1v) is 10.3. The lowest BCUT2D eigenvalue weighted by Gasteiger charge is -2.31. The fraction of sp³-hybridized carbons (Fsp3) is 0.450. The number of nitrogens with one attached hydrogen (secondary N) is 1. The average molecular weight is 486 g/mol. The van der Waals surface area contributed by atoms with E-state index in [1.807, 2.05) is 0 Å². The smallest absolute Gasteiger partial charge is 0.420 e. The number of halogens is 1. The van der Waals surface area contributed by atoms with Gasteiger partial charge >= 0.3 is 11.7 Å². The lowest BCUT2D eigenvalue weighted by molar-refractivity contribution is -0.137. The minimum absolute atomic E-state index is 0.00138. The maximum absolute atomic E-state index is 12.5. The Balaban J connectivity index is 2.17. The monoisotopic (exact) mass is 485 g/mol. The number of anilines is 1. The molecule has 13 heteroatoms. The number of aliphatic hydroxyl groups excluding tert-OH is 3. The molecule has 5 N–H and O–H groups in total. The molecule has 0 bridgehead atoms. The van der Waals surface area contributed by atoms with Crippen LogP contribution in [-0.4, -0.2) is 61.3 Å². The van der Waals surface area contributed by atoms with Crippen LogP contribution in [0.3, 0.4) is 0 Å². The fourth-order valence-electron chi connectivity index (χ4n) is 3.15. The summed E-state index contributed by atoms with van der Waals surface area (Å²) in [4.78, 5) is 27.5. The third-order valence-corrected chi connectivity index (χ3v) is 5.42. The number of carbonyl (C=O) groups is 1. The maximum atomic E-state index is 12.5. The fourth-order valence-corrected chi connectivity index (χ4v) is 3.38. The molecule has 0 fully saturated rings.